The molecule has 4 aromatic rings. The fraction of sp³-hybridized carbons (Fsp3) is 0.267. The quantitative estimate of drug-likeness (QED) is 0.316. The van der Waals surface area contributed by atoms with Crippen LogP contribution in [-0.4, -0.2) is 39.9 Å². The summed E-state index contributed by atoms with van der Waals surface area (Å²) >= 11 is 0. The van der Waals surface area contributed by atoms with E-state index in [0.29, 0.717) is 40.3 Å². The number of H-pyrrole nitrogens is 3. The van der Waals surface area contributed by atoms with Gasteiger partial charge in [0, 0.05) is 22.2 Å². The third-order valence-corrected chi connectivity index (χ3v) is 6.38. The van der Waals surface area contributed by atoms with Gasteiger partial charge in [-0.2, -0.15) is 0 Å². The summed E-state index contributed by atoms with van der Waals surface area (Å²) in [6.07, 6.45) is 5.26. The highest BCUT2D eigenvalue weighted by Crippen LogP contribution is 2.34. The monoisotopic (exact) mass is 528 g/mol. The molecule has 0 saturated heterocycles. The molecule has 0 bridgehead atoms. The smallest absolute Gasteiger partial charge is 0.272 e. The summed E-state index contributed by atoms with van der Waals surface area (Å²) < 4.78 is 11.0. The molecule has 0 aliphatic carbocycles. The highest BCUT2D eigenvalue weighted by molar-refractivity contribution is 6.11. The molecule has 0 radical (unpaired) electrons. The van der Waals surface area contributed by atoms with Gasteiger partial charge >= 0.3 is 0 Å². The average molecular weight is 529 g/mol. The standard InChI is InChI=1S/C30H32N4O5/c1-7-19-24(38-5)12-11-20(26(19)39-6)25(35)18-10-8-9-17(13-18)14-22-28(36)34-23(29(37)33-22)15-21-27(30(2,3)4)32-16-31-21/h8-16H,7H2,1-6H3,(H,31,32)(H,33,37)(H,34,36)/b22-14-,23-15-. The molecule has 3 N–H and O–H groups in total. The van der Waals surface area contributed by atoms with Crippen LogP contribution in [0.5, 0.6) is 11.5 Å². The zero-order valence-corrected chi connectivity index (χ0v) is 22.9. The molecule has 0 saturated carbocycles. The van der Waals surface area contributed by atoms with Crippen LogP contribution in [0.2, 0.25) is 0 Å². The van der Waals surface area contributed by atoms with Crippen molar-refractivity contribution in [1.29, 1.82) is 0 Å². The van der Waals surface area contributed by atoms with Crippen LogP contribution in [0.1, 0.15) is 66.1 Å². The Morgan fingerprint density at radius 2 is 1.67 bits per heavy atom. The van der Waals surface area contributed by atoms with Crippen LogP contribution < -0.4 is 31.3 Å². The number of methoxy groups -OCH3 is 2. The van der Waals surface area contributed by atoms with Gasteiger partial charge in [0.2, 0.25) is 0 Å². The lowest BCUT2D eigenvalue weighted by Crippen LogP contribution is -2.46. The molecule has 4 rings (SSSR count). The summed E-state index contributed by atoms with van der Waals surface area (Å²) in [5, 5.41) is 0.159. The molecule has 202 valence electrons. The zero-order valence-electron chi connectivity index (χ0n) is 22.9. The predicted molar refractivity (Wildman–Crippen MR) is 150 cm³/mol. The highest BCUT2D eigenvalue weighted by Gasteiger charge is 2.21. The molecule has 0 aliphatic rings. The summed E-state index contributed by atoms with van der Waals surface area (Å²) in [7, 11) is 3.10. The first-order valence-electron chi connectivity index (χ1n) is 12.6. The fourth-order valence-electron chi connectivity index (χ4n) is 4.49. The molecule has 2 aromatic heterocycles. The van der Waals surface area contributed by atoms with Crippen LogP contribution in [-0.2, 0) is 11.8 Å². The summed E-state index contributed by atoms with van der Waals surface area (Å²) in [6.45, 7) is 8.03. The topological polar surface area (TPSA) is 130 Å². The van der Waals surface area contributed by atoms with Gasteiger partial charge in [-0.1, -0.05) is 45.9 Å². The van der Waals surface area contributed by atoms with Gasteiger partial charge in [0.25, 0.3) is 11.1 Å². The minimum Gasteiger partial charge on any atom is -0.496 e. The Balaban J connectivity index is 1.74. The van der Waals surface area contributed by atoms with Crippen LogP contribution in [0, 0.1) is 0 Å². The maximum atomic E-state index is 13.4. The normalized spacial score (nSPS) is 12.6. The van der Waals surface area contributed by atoms with Crippen LogP contribution in [0.4, 0.5) is 0 Å². The first-order chi connectivity index (χ1) is 18.6. The van der Waals surface area contributed by atoms with Crippen molar-refractivity contribution in [3.05, 3.63) is 108 Å². The molecule has 0 atom stereocenters. The summed E-state index contributed by atoms with van der Waals surface area (Å²) in [4.78, 5) is 51.8. The van der Waals surface area contributed by atoms with Gasteiger partial charge in [-0.15, -0.1) is 0 Å². The Morgan fingerprint density at radius 3 is 2.28 bits per heavy atom. The number of hydrogen-bond acceptors (Lipinski definition) is 6. The second-order valence-corrected chi connectivity index (χ2v) is 10.1. The number of aromatic nitrogens is 4. The van der Waals surface area contributed by atoms with E-state index in [1.54, 1.807) is 55.9 Å². The van der Waals surface area contributed by atoms with Gasteiger partial charge < -0.3 is 24.4 Å². The molecule has 2 heterocycles. The second-order valence-electron chi connectivity index (χ2n) is 10.1. The number of nitrogens with one attached hydrogen (secondary N) is 3. The Labute approximate surface area is 225 Å². The van der Waals surface area contributed by atoms with Crippen molar-refractivity contribution < 1.29 is 14.3 Å². The van der Waals surface area contributed by atoms with Crippen LogP contribution in [0.15, 0.2) is 52.3 Å². The van der Waals surface area contributed by atoms with Crippen molar-refractivity contribution in [3.8, 4) is 11.5 Å². The molecular weight excluding hydrogens is 496 g/mol. The molecular formula is C30H32N4O5. The van der Waals surface area contributed by atoms with Gasteiger partial charge in [-0.3, -0.25) is 14.4 Å². The number of ketones is 1. The van der Waals surface area contributed by atoms with E-state index in [4.69, 9.17) is 9.47 Å². The Hall–Kier alpha value is -4.66. The van der Waals surface area contributed by atoms with Crippen LogP contribution in [0.3, 0.4) is 0 Å². The van der Waals surface area contributed by atoms with Gasteiger partial charge in [0.15, 0.2) is 5.78 Å². The van der Waals surface area contributed by atoms with Crippen molar-refractivity contribution in [1.82, 2.24) is 19.9 Å². The van der Waals surface area contributed by atoms with Crippen molar-refractivity contribution in [2.75, 3.05) is 14.2 Å². The molecule has 0 spiro atoms. The third kappa shape index (κ3) is 5.62. The molecule has 9 nitrogen and oxygen atoms in total. The number of rotatable bonds is 7. The minimum absolute atomic E-state index is 0.0649. The number of carbonyl (C=O) groups is 1. The van der Waals surface area contributed by atoms with Crippen molar-refractivity contribution in [2.45, 2.75) is 39.5 Å². The highest BCUT2D eigenvalue weighted by atomic mass is 16.5. The lowest BCUT2D eigenvalue weighted by atomic mass is 9.90. The Kier molecular flexibility index (Phi) is 7.71. The number of hydrogen-bond donors (Lipinski definition) is 3. The number of imidazole rings is 1. The van der Waals surface area contributed by atoms with Crippen LogP contribution in [0.25, 0.3) is 12.2 Å². The van der Waals surface area contributed by atoms with Crippen molar-refractivity contribution >= 4 is 17.9 Å². The first kappa shape index (κ1) is 27.4. The van der Waals surface area contributed by atoms with Crippen molar-refractivity contribution in [3.63, 3.8) is 0 Å². The summed E-state index contributed by atoms with van der Waals surface area (Å²) in [5.41, 5.74) is 2.45. The van der Waals surface area contributed by atoms with Gasteiger partial charge in [0.05, 0.1) is 31.8 Å². The average Bonchev–Trinajstić information content (AvgIpc) is 3.39. The number of benzene rings is 2. The fourth-order valence-corrected chi connectivity index (χ4v) is 4.49. The number of ether oxygens (including phenoxy) is 2. The largest absolute Gasteiger partial charge is 0.496 e. The van der Waals surface area contributed by atoms with Gasteiger partial charge in [-0.25, -0.2) is 4.98 Å². The van der Waals surface area contributed by atoms with Gasteiger partial charge in [-0.05, 0) is 42.3 Å². The second kappa shape index (κ2) is 11.0. The van der Waals surface area contributed by atoms with Gasteiger partial charge in [0.1, 0.15) is 22.2 Å². The lowest BCUT2D eigenvalue weighted by molar-refractivity contribution is 0.103. The summed E-state index contributed by atoms with van der Waals surface area (Å²) in [5.74, 6) is 0.884. The maximum Gasteiger partial charge on any atom is 0.272 e. The van der Waals surface area contributed by atoms with E-state index >= 15 is 0 Å². The first-order valence-corrected chi connectivity index (χ1v) is 12.6. The minimum atomic E-state index is -0.477. The zero-order chi connectivity index (χ0) is 28.3. The van der Waals surface area contributed by atoms with E-state index in [1.165, 1.54) is 13.2 Å². The van der Waals surface area contributed by atoms with Crippen molar-refractivity contribution in [2.24, 2.45) is 0 Å². The van der Waals surface area contributed by atoms with Crippen LogP contribution >= 0.6 is 0 Å². The molecule has 2 aromatic carbocycles. The molecule has 0 fully saturated rings. The van der Waals surface area contributed by atoms with E-state index in [0.717, 1.165) is 11.3 Å². The van der Waals surface area contributed by atoms with E-state index in [2.05, 4.69) is 19.9 Å². The van der Waals surface area contributed by atoms with E-state index in [1.807, 2.05) is 27.7 Å². The number of aromatic amines is 3. The lowest BCUT2D eigenvalue weighted by Gasteiger charge is -2.16. The molecule has 39 heavy (non-hydrogen) atoms. The summed E-state index contributed by atoms with van der Waals surface area (Å²) in [6, 6.07) is 10.2. The SMILES string of the molecule is CCc1c(OC)ccc(C(=O)c2cccc(/C=c3\[nH]c(=O)/c(=C/c4nc[nH]c4C(C)(C)C)[nH]c3=O)c2)c1OC. The maximum absolute atomic E-state index is 13.4. The number of carbonyl (C=O) groups excluding carboxylic acids is 1. The molecule has 9 heteroatoms. The predicted octanol–water partition coefficient (Wildman–Crippen LogP) is 2.55. The third-order valence-electron chi connectivity index (χ3n) is 6.38. The Bertz CT molecular complexity index is 1770. The molecule has 0 amide bonds. The molecule has 0 unspecified atom stereocenters. The number of nitrogens with zero attached hydrogens (tertiary/aromatic N) is 1. The van der Waals surface area contributed by atoms with E-state index < -0.39 is 11.1 Å². The Morgan fingerprint density at radius 1 is 0.974 bits per heavy atom. The van der Waals surface area contributed by atoms with E-state index in [9.17, 15) is 14.4 Å². The van der Waals surface area contributed by atoms with E-state index in [-0.39, 0.29) is 21.9 Å². The molecule has 0 aliphatic heterocycles.